The van der Waals surface area contributed by atoms with E-state index < -0.39 is 10.0 Å². The standard InChI is InChI=1S/C24H23ClN2O4S/c1-31-21-10-6-5-9-20(21)27-32(29,30)22-15-17(11-12-19(22)25)23(28)26-16-24(13-14-24)18-7-3-2-4-8-18/h2-12,15,27H,13-14,16H2,1H3,(H,26,28). The van der Waals surface area contributed by atoms with Crippen LogP contribution in [0.5, 0.6) is 5.75 Å². The lowest BCUT2D eigenvalue weighted by molar-refractivity contribution is 0.0949. The van der Waals surface area contributed by atoms with Gasteiger partial charge in [-0.2, -0.15) is 0 Å². The molecule has 0 atom stereocenters. The van der Waals surface area contributed by atoms with E-state index in [2.05, 4.69) is 22.2 Å². The number of rotatable bonds is 8. The maximum Gasteiger partial charge on any atom is 0.263 e. The van der Waals surface area contributed by atoms with Gasteiger partial charge in [0, 0.05) is 17.5 Å². The van der Waals surface area contributed by atoms with Crippen molar-refractivity contribution in [3.05, 3.63) is 88.9 Å². The van der Waals surface area contributed by atoms with Crippen LogP contribution in [0, 0.1) is 0 Å². The zero-order valence-corrected chi connectivity index (χ0v) is 19.0. The third-order valence-corrected chi connectivity index (χ3v) is 7.51. The van der Waals surface area contributed by atoms with Gasteiger partial charge in [0.15, 0.2) is 0 Å². The van der Waals surface area contributed by atoms with Crippen molar-refractivity contribution in [2.45, 2.75) is 23.2 Å². The van der Waals surface area contributed by atoms with E-state index in [0.29, 0.717) is 12.3 Å². The molecule has 8 heteroatoms. The Hall–Kier alpha value is -3.03. The topological polar surface area (TPSA) is 84.5 Å². The largest absolute Gasteiger partial charge is 0.495 e. The van der Waals surface area contributed by atoms with Crippen molar-refractivity contribution in [3.63, 3.8) is 0 Å². The van der Waals surface area contributed by atoms with Crippen LogP contribution in [0.25, 0.3) is 0 Å². The summed E-state index contributed by atoms with van der Waals surface area (Å²) in [6.07, 6.45) is 2.00. The van der Waals surface area contributed by atoms with Crippen molar-refractivity contribution in [2.75, 3.05) is 18.4 Å². The SMILES string of the molecule is COc1ccccc1NS(=O)(=O)c1cc(C(=O)NCC2(c3ccccc3)CC2)ccc1Cl. The Morgan fingerprint density at radius 2 is 1.72 bits per heavy atom. The number of anilines is 1. The van der Waals surface area contributed by atoms with Crippen LogP contribution in [-0.2, 0) is 15.4 Å². The summed E-state index contributed by atoms with van der Waals surface area (Å²) in [7, 11) is -2.60. The molecular weight excluding hydrogens is 448 g/mol. The van der Waals surface area contributed by atoms with Gasteiger partial charge in [-0.1, -0.05) is 54.1 Å². The first-order valence-corrected chi connectivity index (χ1v) is 12.0. The van der Waals surface area contributed by atoms with Crippen molar-refractivity contribution in [1.29, 1.82) is 0 Å². The number of benzene rings is 3. The summed E-state index contributed by atoms with van der Waals surface area (Å²) in [6.45, 7) is 0.486. The van der Waals surface area contributed by atoms with Crippen molar-refractivity contribution in [1.82, 2.24) is 5.32 Å². The lowest BCUT2D eigenvalue weighted by atomic mass is 9.96. The number of ether oxygens (including phenoxy) is 1. The van der Waals surface area contributed by atoms with Gasteiger partial charge in [0.2, 0.25) is 0 Å². The van der Waals surface area contributed by atoms with Gasteiger partial charge < -0.3 is 10.1 Å². The summed E-state index contributed by atoms with van der Waals surface area (Å²) in [6, 6.07) is 20.9. The summed E-state index contributed by atoms with van der Waals surface area (Å²) >= 11 is 6.18. The highest BCUT2D eigenvalue weighted by Crippen LogP contribution is 2.47. The van der Waals surface area contributed by atoms with Gasteiger partial charge in [0.1, 0.15) is 10.6 Å². The normalized spacial score (nSPS) is 14.4. The van der Waals surface area contributed by atoms with Crippen LogP contribution < -0.4 is 14.8 Å². The van der Waals surface area contributed by atoms with Gasteiger partial charge in [-0.25, -0.2) is 8.42 Å². The highest BCUT2D eigenvalue weighted by molar-refractivity contribution is 7.92. The summed E-state index contributed by atoms with van der Waals surface area (Å²) in [5.74, 6) is 0.0225. The predicted molar refractivity (Wildman–Crippen MR) is 125 cm³/mol. The minimum atomic E-state index is -4.05. The molecule has 1 saturated carbocycles. The first kappa shape index (κ1) is 22.2. The van der Waals surface area contributed by atoms with Gasteiger partial charge >= 0.3 is 0 Å². The first-order valence-electron chi connectivity index (χ1n) is 10.1. The molecule has 6 nitrogen and oxygen atoms in total. The van der Waals surface area contributed by atoms with Crippen LogP contribution >= 0.6 is 11.6 Å². The number of para-hydroxylation sites is 2. The molecule has 1 aliphatic rings. The summed E-state index contributed by atoms with van der Waals surface area (Å²) < 4.78 is 33.7. The van der Waals surface area contributed by atoms with E-state index in [1.165, 1.54) is 30.9 Å². The lowest BCUT2D eigenvalue weighted by Gasteiger charge is -2.17. The third-order valence-electron chi connectivity index (χ3n) is 5.66. The number of hydrogen-bond acceptors (Lipinski definition) is 4. The van der Waals surface area contributed by atoms with Crippen molar-refractivity contribution in [3.8, 4) is 5.75 Å². The number of carbonyl (C=O) groups is 1. The summed E-state index contributed by atoms with van der Waals surface area (Å²) in [5, 5.41) is 2.97. The molecule has 1 aliphatic carbocycles. The van der Waals surface area contributed by atoms with E-state index >= 15 is 0 Å². The van der Waals surface area contributed by atoms with Crippen LogP contribution in [0.2, 0.25) is 5.02 Å². The van der Waals surface area contributed by atoms with Gasteiger partial charge in [-0.3, -0.25) is 9.52 Å². The molecule has 166 valence electrons. The molecule has 4 rings (SSSR count). The number of sulfonamides is 1. The van der Waals surface area contributed by atoms with Gasteiger partial charge in [-0.05, 0) is 48.7 Å². The fourth-order valence-corrected chi connectivity index (χ4v) is 5.24. The molecule has 1 fully saturated rings. The van der Waals surface area contributed by atoms with Crippen LogP contribution in [0.3, 0.4) is 0 Å². The highest BCUT2D eigenvalue weighted by Gasteiger charge is 2.44. The second-order valence-electron chi connectivity index (χ2n) is 7.78. The summed E-state index contributed by atoms with van der Waals surface area (Å²) in [4.78, 5) is 12.6. The van der Waals surface area contributed by atoms with Crippen LogP contribution in [0.1, 0.15) is 28.8 Å². The van der Waals surface area contributed by atoms with Crippen LogP contribution in [-0.4, -0.2) is 28.0 Å². The predicted octanol–water partition coefficient (Wildman–Crippen LogP) is 4.61. The summed E-state index contributed by atoms with van der Waals surface area (Å²) in [5.41, 5.74) is 1.64. The number of methoxy groups -OCH3 is 1. The molecule has 0 radical (unpaired) electrons. The minimum absolute atomic E-state index is 0.0203. The Morgan fingerprint density at radius 1 is 1.03 bits per heavy atom. The Morgan fingerprint density at radius 3 is 2.41 bits per heavy atom. The average Bonchev–Trinajstić information content (AvgIpc) is 3.59. The second-order valence-corrected chi connectivity index (χ2v) is 9.84. The quantitative estimate of drug-likeness (QED) is 0.503. The van der Waals surface area contributed by atoms with Gasteiger partial charge in [0.05, 0.1) is 17.8 Å². The number of nitrogens with one attached hydrogen (secondary N) is 2. The van der Waals surface area contributed by atoms with E-state index in [9.17, 15) is 13.2 Å². The molecular formula is C24H23ClN2O4S. The molecule has 0 unspecified atom stereocenters. The van der Waals surface area contributed by atoms with Crippen LogP contribution in [0.15, 0.2) is 77.7 Å². The molecule has 0 aliphatic heterocycles. The molecule has 0 heterocycles. The maximum atomic E-state index is 13.0. The Labute approximate surface area is 192 Å². The number of carbonyl (C=O) groups excluding carboxylic acids is 1. The fraction of sp³-hybridized carbons (Fsp3) is 0.208. The van der Waals surface area contributed by atoms with E-state index in [1.807, 2.05) is 18.2 Å². The fourth-order valence-electron chi connectivity index (χ4n) is 3.64. The van der Waals surface area contributed by atoms with E-state index in [1.54, 1.807) is 24.3 Å². The van der Waals surface area contributed by atoms with E-state index in [-0.39, 0.29) is 32.5 Å². The zero-order valence-electron chi connectivity index (χ0n) is 17.5. The van der Waals surface area contributed by atoms with Crippen molar-refractivity contribution >= 4 is 33.2 Å². The molecule has 0 spiro atoms. The maximum absolute atomic E-state index is 13.0. The second kappa shape index (κ2) is 8.84. The molecule has 0 bridgehead atoms. The monoisotopic (exact) mass is 470 g/mol. The van der Waals surface area contributed by atoms with Crippen LogP contribution in [0.4, 0.5) is 5.69 Å². The molecule has 3 aromatic rings. The highest BCUT2D eigenvalue weighted by atomic mass is 35.5. The molecule has 32 heavy (non-hydrogen) atoms. The third kappa shape index (κ3) is 4.59. The molecule has 1 amide bonds. The van der Waals surface area contributed by atoms with Gasteiger partial charge in [0.25, 0.3) is 15.9 Å². The van der Waals surface area contributed by atoms with Gasteiger partial charge in [-0.15, -0.1) is 0 Å². The van der Waals surface area contributed by atoms with Crippen molar-refractivity contribution in [2.24, 2.45) is 0 Å². The number of amides is 1. The average molecular weight is 471 g/mol. The van der Waals surface area contributed by atoms with E-state index in [0.717, 1.165) is 12.8 Å². The zero-order chi connectivity index (χ0) is 22.8. The molecule has 0 saturated heterocycles. The molecule has 0 aromatic heterocycles. The number of hydrogen-bond donors (Lipinski definition) is 2. The molecule has 3 aromatic carbocycles. The van der Waals surface area contributed by atoms with Crippen molar-refractivity contribution < 1.29 is 17.9 Å². The Bertz CT molecular complexity index is 1240. The first-order chi connectivity index (χ1) is 15.3. The molecule has 2 N–H and O–H groups in total. The smallest absolute Gasteiger partial charge is 0.263 e. The Balaban J connectivity index is 1.53. The van der Waals surface area contributed by atoms with E-state index in [4.69, 9.17) is 16.3 Å². The Kier molecular flexibility index (Phi) is 6.13. The minimum Gasteiger partial charge on any atom is -0.495 e. The lowest BCUT2D eigenvalue weighted by Crippen LogP contribution is -2.32. The number of halogens is 1.